The number of rotatable bonds is 5. The van der Waals surface area contributed by atoms with Gasteiger partial charge in [0.25, 0.3) is 5.91 Å². The summed E-state index contributed by atoms with van der Waals surface area (Å²) in [4.78, 5) is 13.9. The molecular formula is C25H18Cl2F3NO2. The van der Waals surface area contributed by atoms with Crippen LogP contribution in [0.5, 0.6) is 0 Å². The number of halogens is 5. The lowest BCUT2D eigenvalue weighted by Crippen LogP contribution is -2.27. The van der Waals surface area contributed by atoms with E-state index >= 15 is 0 Å². The van der Waals surface area contributed by atoms with E-state index < -0.39 is 18.3 Å². The third-order valence-corrected chi connectivity index (χ3v) is 6.23. The van der Waals surface area contributed by atoms with Crippen molar-refractivity contribution in [1.29, 1.82) is 0 Å². The summed E-state index contributed by atoms with van der Waals surface area (Å²) in [6.07, 6.45) is -3.09. The molecule has 0 aliphatic carbocycles. The molecule has 2 atom stereocenters. The quantitative estimate of drug-likeness (QED) is 0.417. The van der Waals surface area contributed by atoms with E-state index in [-0.39, 0.29) is 28.1 Å². The summed E-state index contributed by atoms with van der Waals surface area (Å²) in [6, 6.07) is 17.5. The molecule has 1 aliphatic heterocycles. The first kappa shape index (κ1) is 23.4. The van der Waals surface area contributed by atoms with Crippen LogP contribution in [0.25, 0.3) is 6.08 Å². The lowest BCUT2D eigenvalue weighted by Gasteiger charge is -2.21. The van der Waals surface area contributed by atoms with Gasteiger partial charge in [0, 0.05) is 17.7 Å². The monoisotopic (exact) mass is 491 g/mol. The molecule has 0 saturated carbocycles. The van der Waals surface area contributed by atoms with Crippen LogP contribution >= 0.6 is 23.2 Å². The van der Waals surface area contributed by atoms with Gasteiger partial charge >= 0.3 is 6.18 Å². The summed E-state index contributed by atoms with van der Waals surface area (Å²) in [7, 11) is 0. The molecule has 8 heteroatoms. The summed E-state index contributed by atoms with van der Waals surface area (Å²) < 4.78 is 40.9. The Morgan fingerprint density at radius 3 is 2.33 bits per heavy atom. The van der Waals surface area contributed by atoms with Gasteiger partial charge in [0.05, 0.1) is 16.0 Å². The van der Waals surface area contributed by atoms with Gasteiger partial charge in [0.15, 0.2) is 6.23 Å². The Labute approximate surface area is 198 Å². The summed E-state index contributed by atoms with van der Waals surface area (Å²) in [6.45, 7) is 0.174. The van der Waals surface area contributed by atoms with Crippen molar-refractivity contribution in [2.24, 2.45) is 0 Å². The van der Waals surface area contributed by atoms with E-state index in [4.69, 9.17) is 23.2 Å². The number of carbonyl (C=O) groups excluding carboxylic acids is 1. The second-order valence-corrected chi connectivity index (χ2v) is 8.50. The Morgan fingerprint density at radius 1 is 1.00 bits per heavy atom. The fourth-order valence-electron chi connectivity index (χ4n) is 3.76. The van der Waals surface area contributed by atoms with Crippen molar-refractivity contribution in [2.75, 3.05) is 0 Å². The standard InChI is InChI=1S/C25H18Cl2F3NO2/c26-21-12-10-17(13-22(21)27)20(25(28,29)30)11-9-15-5-7-16(8-6-15)14-31-23(32)18-3-1-2-4-19(18)24(31)33/h1-13,20,23,32H,14H2/b11-9+. The van der Waals surface area contributed by atoms with E-state index in [1.807, 2.05) is 0 Å². The van der Waals surface area contributed by atoms with Crippen LogP contribution in [0.1, 0.15) is 44.8 Å². The molecular weight excluding hydrogens is 474 g/mol. The normalized spacial score (nSPS) is 17.0. The maximum atomic E-state index is 13.6. The van der Waals surface area contributed by atoms with Crippen molar-refractivity contribution in [3.8, 4) is 0 Å². The van der Waals surface area contributed by atoms with Crippen LogP contribution in [-0.4, -0.2) is 22.1 Å². The first-order chi connectivity index (χ1) is 15.6. The van der Waals surface area contributed by atoms with Crippen molar-refractivity contribution in [1.82, 2.24) is 4.90 Å². The van der Waals surface area contributed by atoms with Crippen LogP contribution < -0.4 is 0 Å². The SMILES string of the molecule is O=C1c2ccccc2C(O)N1Cc1ccc(/C=C/C(c2ccc(Cl)c(Cl)c2)C(F)(F)F)cc1. The number of fused-ring (bicyclic) bond motifs is 1. The van der Waals surface area contributed by atoms with Gasteiger partial charge in [-0.25, -0.2) is 0 Å². The van der Waals surface area contributed by atoms with Gasteiger partial charge < -0.3 is 10.0 Å². The highest BCUT2D eigenvalue weighted by Crippen LogP contribution is 2.38. The van der Waals surface area contributed by atoms with Crippen LogP contribution in [0.4, 0.5) is 13.2 Å². The third-order valence-electron chi connectivity index (χ3n) is 5.49. The van der Waals surface area contributed by atoms with E-state index in [1.54, 1.807) is 48.5 Å². The van der Waals surface area contributed by atoms with E-state index in [9.17, 15) is 23.1 Å². The molecule has 3 aromatic carbocycles. The molecule has 0 aromatic heterocycles. The molecule has 1 heterocycles. The summed E-state index contributed by atoms with van der Waals surface area (Å²) in [5.74, 6) is -2.11. The van der Waals surface area contributed by atoms with Crippen molar-refractivity contribution in [2.45, 2.75) is 24.9 Å². The Balaban J connectivity index is 1.50. The molecule has 1 aliphatic rings. The number of hydrogen-bond acceptors (Lipinski definition) is 2. The zero-order valence-electron chi connectivity index (χ0n) is 17.1. The number of carbonyl (C=O) groups is 1. The number of hydrogen-bond donors (Lipinski definition) is 1. The highest BCUT2D eigenvalue weighted by Gasteiger charge is 2.39. The highest BCUT2D eigenvalue weighted by atomic mass is 35.5. The molecule has 0 bridgehead atoms. The maximum absolute atomic E-state index is 13.6. The minimum absolute atomic E-state index is 0.00845. The van der Waals surface area contributed by atoms with E-state index in [1.165, 1.54) is 29.2 Å². The predicted molar refractivity (Wildman–Crippen MR) is 122 cm³/mol. The lowest BCUT2D eigenvalue weighted by molar-refractivity contribution is -0.139. The number of allylic oxidation sites excluding steroid dienone is 1. The molecule has 33 heavy (non-hydrogen) atoms. The summed E-state index contributed by atoms with van der Waals surface area (Å²) >= 11 is 11.7. The largest absolute Gasteiger partial charge is 0.399 e. The zero-order valence-corrected chi connectivity index (χ0v) is 18.6. The minimum atomic E-state index is -4.51. The molecule has 3 nitrogen and oxygen atoms in total. The van der Waals surface area contributed by atoms with Gasteiger partial charge in [-0.2, -0.15) is 13.2 Å². The van der Waals surface area contributed by atoms with E-state index in [0.717, 1.165) is 11.6 Å². The molecule has 0 saturated heterocycles. The molecule has 1 amide bonds. The third kappa shape index (κ3) is 4.93. The van der Waals surface area contributed by atoms with Crippen LogP contribution in [0.2, 0.25) is 10.0 Å². The molecule has 4 rings (SSSR count). The average molecular weight is 492 g/mol. The van der Waals surface area contributed by atoms with Gasteiger partial charge in [-0.3, -0.25) is 4.79 Å². The molecule has 0 fully saturated rings. The van der Waals surface area contributed by atoms with Crippen LogP contribution in [-0.2, 0) is 6.54 Å². The smallest absolute Gasteiger partial charge is 0.369 e. The predicted octanol–water partition coefficient (Wildman–Crippen LogP) is 7.00. The lowest BCUT2D eigenvalue weighted by atomic mass is 9.97. The Hall–Kier alpha value is -2.80. The highest BCUT2D eigenvalue weighted by molar-refractivity contribution is 6.42. The molecule has 170 valence electrons. The van der Waals surface area contributed by atoms with Crippen molar-refractivity contribution in [3.05, 3.63) is 111 Å². The maximum Gasteiger partial charge on any atom is 0.399 e. The van der Waals surface area contributed by atoms with Gasteiger partial charge in [0.1, 0.15) is 0 Å². The fraction of sp³-hybridized carbons (Fsp3) is 0.160. The number of aliphatic hydroxyl groups excluding tert-OH is 1. The van der Waals surface area contributed by atoms with Crippen LogP contribution in [0, 0.1) is 0 Å². The van der Waals surface area contributed by atoms with Gasteiger partial charge in [-0.15, -0.1) is 0 Å². The number of aliphatic hydroxyl groups is 1. The van der Waals surface area contributed by atoms with E-state index in [2.05, 4.69) is 0 Å². The average Bonchev–Trinajstić information content (AvgIpc) is 3.01. The second-order valence-electron chi connectivity index (χ2n) is 7.69. The van der Waals surface area contributed by atoms with Gasteiger partial charge in [-0.05, 0) is 34.9 Å². The number of benzene rings is 3. The molecule has 2 unspecified atom stereocenters. The Morgan fingerprint density at radius 2 is 1.70 bits per heavy atom. The molecule has 0 radical (unpaired) electrons. The number of nitrogens with zero attached hydrogens (tertiary/aromatic N) is 1. The first-order valence-electron chi connectivity index (χ1n) is 10.0. The Bertz CT molecular complexity index is 1210. The van der Waals surface area contributed by atoms with Crippen molar-refractivity contribution < 1.29 is 23.1 Å². The first-order valence-corrected chi connectivity index (χ1v) is 10.8. The molecule has 3 aromatic rings. The van der Waals surface area contributed by atoms with Crippen molar-refractivity contribution in [3.63, 3.8) is 0 Å². The molecule has 0 spiro atoms. The number of amides is 1. The number of alkyl halides is 3. The van der Waals surface area contributed by atoms with Crippen LogP contribution in [0.15, 0.2) is 72.8 Å². The summed E-state index contributed by atoms with van der Waals surface area (Å²) in [5, 5.41) is 10.7. The van der Waals surface area contributed by atoms with E-state index in [0.29, 0.717) is 16.7 Å². The van der Waals surface area contributed by atoms with Gasteiger partial charge in [-0.1, -0.05) is 83.9 Å². The fourth-order valence-corrected chi connectivity index (χ4v) is 4.07. The van der Waals surface area contributed by atoms with Crippen LogP contribution in [0.3, 0.4) is 0 Å². The molecule has 1 N–H and O–H groups in total. The topological polar surface area (TPSA) is 40.5 Å². The van der Waals surface area contributed by atoms with Gasteiger partial charge in [0.2, 0.25) is 0 Å². The zero-order chi connectivity index (χ0) is 23.8. The summed E-state index contributed by atoms with van der Waals surface area (Å²) in [5.41, 5.74) is 2.31. The van der Waals surface area contributed by atoms with Crippen molar-refractivity contribution >= 4 is 35.2 Å². The minimum Gasteiger partial charge on any atom is -0.369 e. The Kier molecular flexibility index (Phi) is 6.52. The second kappa shape index (κ2) is 9.21.